The Morgan fingerprint density at radius 1 is 0.893 bits per heavy atom. The fourth-order valence-corrected chi connectivity index (χ4v) is 4.19. The summed E-state index contributed by atoms with van der Waals surface area (Å²) in [6, 6.07) is 8.03. The van der Waals surface area contributed by atoms with Crippen LogP contribution in [0.25, 0.3) is 0 Å². The Labute approximate surface area is 171 Å². The molecule has 3 heterocycles. The van der Waals surface area contributed by atoms with Gasteiger partial charge in [0, 0.05) is 63.1 Å². The molecule has 2 aromatic rings. The van der Waals surface area contributed by atoms with Gasteiger partial charge in [0.2, 0.25) is 0 Å². The van der Waals surface area contributed by atoms with Crippen LogP contribution in [0.3, 0.4) is 0 Å². The maximum atomic E-state index is 6.52. The van der Waals surface area contributed by atoms with E-state index in [1.165, 1.54) is 0 Å². The van der Waals surface area contributed by atoms with Gasteiger partial charge in [0.05, 0.1) is 0 Å². The van der Waals surface area contributed by atoms with Crippen molar-refractivity contribution in [3.63, 3.8) is 0 Å². The van der Waals surface area contributed by atoms with Crippen LogP contribution in [0.5, 0.6) is 0 Å². The molecule has 0 spiro atoms. The summed E-state index contributed by atoms with van der Waals surface area (Å²) in [6.45, 7) is 10.9. The zero-order chi connectivity index (χ0) is 19.5. The Hall–Kier alpha value is -2.25. The molecule has 0 aliphatic carbocycles. The number of hydrogen-bond donors (Lipinski definition) is 1. The third-order valence-corrected chi connectivity index (χ3v) is 5.95. The fourth-order valence-electron chi connectivity index (χ4n) is 4.01. The number of aromatic nitrogens is 2. The first-order chi connectivity index (χ1) is 13.7. The van der Waals surface area contributed by atoms with Gasteiger partial charge < -0.3 is 25.3 Å². The first kappa shape index (κ1) is 19.1. The van der Waals surface area contributed by atoms with Crippen LogP contribution < -0.4 is 20.4 Å². The molecule has 1 aromatic heterocycles. The first-order valence-corrected chi connectivity index (χ1v) is 10.4. The molecule has 0 bridgehead atoms. The van der Waals surface area contributed by atoms with E-state index in [4.69, 9.17) is 17.3 Å². The molecule has 2 fully saturated rings. The van der Waals surface area contributed by atoms with E-state index in [2.05, 4.69) is 42.6 Å². The average Bonchev–Trinajstić information content (AvgIpc) is 2.74. The number of halogens is 1. The van der Waals surface area contributed by atoms with E-state index in [-0.39, 0.29) is 0 Å². The first-order valence-electron chi connectivity index (χ1n) is 9.99. The van der Waals surface area contributed by atoms with Gasteiger partial charge in [-0.25, -0.2) is 9.97 Å². The summed E-state index contributed by atoms with van der Waals surface area (Å²) in [4.78, 5) is 18.4. The lowest BCUT2D eigenvalue weighted by Crippen LogP contribution is -2.48. The smallest absolute Gasteiger partial charge is 0.157 e. The van der Waals surface area contributed by atoms with E-state index < -0.39 is 0 Å². The normalized spacial score (nSPS) is 18.6. The van der Waals surface area contributed by atoms with Gasteiger partial charge in [-0.3, -0.25) is 0 Å². The lowest BCUT2D eigenvalue weighted by molar-refractivity contribution is 0.270. The second-order valence-electron chi connectivity index (χ2n) is 7.31. The van der Waals surface area contributed by atoms with Crippen LogP contribution in [0.15, 0.2) is 30.6 Å². The number of anilines is 4. The molecule has 2 N–H and O–H groups in total. The van der Waals surface area contributed by atoms with Gasteiger partial charge in [-0.15, -0.1) is 0 Å². The zero-order valence-corrected chi connectivity index (χ0v) is 17.1. The topological polar surface area (TPSA) is 64.8 Å². The number of benzene rings is 1. The highest BCUT2D eigenvalue weighted by molar-refractivity contribution is 6.30. The van der Waals surface area contributed by atoms with E-state index in [1.54, 1.807) is 6.33 Å². The van der Waals surface area contributed by atoms with E-state index >= 15 is 0 Å². The summed E-state index contributed by atoms with van der Waals surface area (Å²) < 4.78 is 0. The molecular weight excluding hydrogens is 374 g/mol. The molecule has 1 aromatic carbocycles. The van der Waals surface area contributed by atoms with Crippen molar-refractivity contribution in [2.45, 2.75) is 6.92 Å². The molecule has 2 aliphatic heterocycles. The van der Waals surface area contributed by atoms with Gasteiger partial charge in [-0.2, -0.15) is 0 Å². The number of nitrogens with two attached hydrogens (primary N) is 1. The SMILES string of the molecule is CCN1CCN(c2ncnc(N3CCN(c4cccc(Cl)c4)CC3)c2N)CC1. The van der Waals surface area contributed by atoms with Crippen molar-refractivity contribution in [1.29, 1.82) is 0 Å². The Bertz CT molecular complexity index is 799. The van der Waals surface area contributed by atoms with Crippen molar-refractivity contribution in [3.8, 4) is 0 Å². The Morgan fingerprint density at radius 3 is 2.04 bits per heavy atom. The summed E-state index contributed by atoms with van der Waals surface area (Å²) in [5.41, 5.74) is 8.39. The molecule has 0 unspecified atom stereocenters. The van der Waals surface area contributed by atoms with Crippen LogP contribution in [-0.4, -0.2) is 73.8 Å². The summed E-state index contributed by atoms with van der Waals surface area (Å²) in [5, 5.41) is 0.771. The van der Waals surface area contributed by atoms with Gasteiger partial charge >= 0.3 is 0 Å². The molecule has 7 nitrogen and oxygen atoms in total. The van der Waals surface area contributed by atoms with Crippen LogP contribution in [0.4, 0.5) is 23.0 Å². The Kier molecular flexibility index (Phi) is 5.73. The van der Waals surface area contributed by atoms with Gasteiger partial charge in [0.25, 0.3) is 0 Å². The largest absolute Gasteiger partial charge is 0.393 e. The number of rotatable bonds is 4. The molecule has 2 saturated heterocycles. The van der Waals surface area contributed by atoms with Crippen molar-refractivity contribution < 1.29 is 0 Å². The molecule has 28 heavy (non-hydrogen) atoms. The lowest BCUT2D eigenvalue weighted by atomic mass is 10.2. The van der Waals surface area contributed by atoms with Gasteiger partial charge in [0.1, 0.15) is 12.0 Å². The average molecular weight is 402 g/mol. The van der Waals surface area contributed by atoms with Crippen LogP contribution in [0.1, 0.15) is 6.92 Å². The minimum Gasteiger partial charge on any atom is -0.393 e. The van der Waals surface area contributed by atoms with Crippen molar-refractivity contribution in [2.75, 3.05) is 79.3 Å². The Morgan fingerprint density at radius 2 is 1.46 bits per heavy atom. The van der Waals surface area contributed by atoms with Crippen LogP contribution in [0.2, 0.25) is 5.02 Å². The molecule has 0 amide bonds. The second-order valence-corrected chi connectivity index (χ2v) is 7.75. The molecule has 2 aliphatic rings. The zero-order valence-electron chi connectivity index (χ0n) is 16.4. The van der Waals surface area contributed by atoms with E-state index in [0.717, 1.165) is 81.2 Å². The quantitative estimate of drug-likeness (QED) is 0.842. The molecule has 4 rings (SSSR count). The molecule has 0 atom stereocenters. The third-order valence-electron chi connectivity index (χ3n) is 5.71. The van der Waals surface area contributed by atoms with Crippen molar-refractivity contribution in [1.82, 2.24) is 14.9 Å². The number of piperazine rings is 2. The standard InChI is InChI=1S/C20H28ClN7/c1-2-25-6-8-27(9-7-25)19-18(22)20(24-15-23-19)28-12-10-26(11-13-28)17-5-3-4-16(21)14-17/h3-5,14-15H,2,6-13,22H2,1H3. The summed E-state index contributed by atoms with van der Waals surface area (Å²) in [5.74, 6) is 1.73. The van der Waals surface area contributed by atoms with Crippen molar-refractivity contribution in [2.24, 2.45) is 0 Å². The second kappa shape index (κ2) is 8.41. The van der Waals surface area contributed by atoms with E-state index in [0.29, 0.717) is 5.69 Å². The number of nitrogens with zero attached hydrogens (tertiary/aromatic N) is 6. The number of nitrogen functional groups attached to an aromatic ring is 1. The van der Waals surface area contributed by atoms with E-state index in [1.807, 2.05) is 18.2 Å². The molecule has 0 saturated carbocycles. The predicted molar refractivity (Wildman–Crippen MR) is 117 cm³/mol. The van der Waals surface area contributed by atoms with Gasteiger partial charge in [-0.1, -0.05) is 24.6 Å². The van der Waals surface area contributed by atoms with Crippen LogP contribution >= 0.6 is 11.6 Å². The summed E-state index contributed by atoms with van der Waals surface area (Å²) >= 11 is 6.14. The minimum absolute atomic E-state index is 0.698. The maximum absolute atomic E-state index is 6.52. The van der Waals surface area contributed by atoms with Crippen molar-refractivity contribution in [3.05, 3.63) is 35.6 Å². The van der Waals surface area contributed by atoms with E-state index in [9.17, 15) is 0 Å². The predicted octanol–water partition coefficient (Wildman–Crippen LogP) is 2.18. The third kappa shape index (κ3) is 3.95. The molecule has 0 radical (unpaired) electrons. The Balaban J connectivity index is 1.44. The summed E-state index contributed by atoms with van der Waals surface area (Å²) in [7, 11) is 0. The number of likely N-dealkylation sites (N-methyl/N-ethyl adjacent to an activating group) is 1. The highest BCUT2D eigenvalue weighted by atomic mass is 35.5. The summed E-state index contributed by atoms with van der Waals surface area (Å²) in [6.07, 6.45) is 1.65. The molecule has 8 heteroatoms. The monoisotopic (exact) mass is 401 g/mol. The molecule has 150 valence electrons. The van der Waals surface area contributed by atoms with Gasteiger partial charge in [-0.05, 0) is 24.7 Å². The lowest BCUT2D eigenvalue weighted by Gasteiger charge is -2.38. The van der Waals surface area contributed by atoms with Crippen molar-refractivity contribution >= 4 is 34.6 Å². The highest BCUT2D eigenvalue weighted by Gasteiger charge is 2.24. The van der Waals surface area contributed by atoms with Crippen LogP contribution in [-0.2, 0) is 0 Å². The highest BCUT2D eigenvalue weighted by Crippen LogP contribution is 2.31. The van der Waals surface area contributed by atoms with Gasteiger partial charge in [0.15, 0.2) is 11.6 Å². The van der Waals surface area contributed by atoms with Crippen LogP contribution in [0, 0.1) is 0 Å². The fraction of sp³-hybridized carbons (Fsp3) is 0.500. The minimum atomic E-state index is 0.698. The maximum Gasteiger partial charge on any atom is 0.157 e. The number of hydrogen-bond acceptors (Lipinski definition) is 7. The molecular formula is C20H28ClN7.